The van der Waals surface area contributed by atoms with Crippen LogP contribution in [0.3, 0.4) is 0 Å². The summed E-state index contributed by atoms with van der Waals surface area (Å²) >= 11 is 12.8. The lowest BCUT2D eigenvalue weighted by Gasteiger charge is -2.42. The van der Waals surface area contributed by atoms with Gasteiger partial charge in [-0.2, -0.15) is 10.2 Å². The van der Waals surface area contributed by atoms with Crippen molar-refractivity contribution in [2.75, 3.05) is 18.0 Å². The fraction of sp³-hybridized carbons (Fsp3) is 0.280. The number of nitrogens with two attached hydrogens (primary N) is 1. The van der Waals surface area contributed by atoms with Gasteiger partial charge in [0.2, 0.25) is 5.95 Å². The zero-order valence-corrected chi connectivity index (χ0v) is 19.8. The number of halogens is 2. The molecule has 2 aliphatic rings. The van der Waals surface area contributed by atoms with Gasteiger partial charge in [0.15, 0.2) is 5.65 Å². The summed E-state index contributed by atoms with van der Waals surface area (Å²) in [5.74, 6) is 0.661. The van der Waals surface area contributed by atoms with Crippen LogP contribution in [0.15, 0.2) is 48.8 Å². The highest BCUT2D eigenvalue weighted by molar-refractivity contribution is 6.38. The van der Waals surface area contributed by atoms with E-state index in [-0.39, 0.29) is 11.5 Å². The molecule has 2 N–H and O–H groups in total. The van der Waals surface area contributed by atoms with E-state index in [4.69, 9.17) is 39.2 Å². The van der Waals surface area contributed by atoms with Crippen molar-refractivity contribution in [2.24, 2.45) is 11.1 Å². The average molecular weight is 490 g/mol. The summed E-state index contributed by atoms with van der Waals surface area (Å²) in [7, 11) is 0. The molecule has 1 saturated heterocycles. The molecule has 1 aliphatic carbocycles. The minimum Gasteiger partial charge on any atom is -0.341 e. The lowest BCUT2D eigenvalue weighted by atomic mass is 9.73. The number of fused-ring (bicyclic) bond motifs is 2. The second kappa shape index (κ2) is 7.95. The summed E-state index contributed by atoms with van der Waals surface area (Å²) in [4.78, 5) is 11.5. The van der Waals surface area contributed by atoms with E-state index in [1.54, 1.807) is 29.2 Å². The zero-order chi connectivity index (χ0) is 23.4. The molecule has 0 radical (unpaired) electrons. The minimum absolute atomic E-state index is 0.0758. The van der Waals surface area contributed by atoms with Crippen LogP contribution in [-0.2, 0) is 6.42 Å². The van der Waals surface area contributed by atoms with Gasteiger partial charge in [-0.05, 0) is 47.9 Å². The Bertz CT molecular complexity index is 1440. The van der Waals surface area contributed by atoms with Gasteiger partial charge >= 0.3 is 0 Å². The SMILES string of the molecule is N#Cc1cc(Cl)c(-n2cc3cnc(N4CCC5(CC4)Cc4ccccc4[C@H]5N)nc3n2)c(Cl)c1. The predicted molar refractivity (Wildman–Crippen MR) is 132 cm³/mol. The van der Waals surface area contributed by atoms with Crippen LogP contribution in [0.4, 0.5) is 5.95 Å². The van der Waals surface area contributed by atoms with E-state index >= 15 is 0 Å². The third kappa shape index (κ3) is 3.33. The molecule has 9 heteroatoms. The molecule has 7 nitrogen and oxygen atoms in total. The minimum atomic E-state index is 0.0758. The van der Waals surface area contributed by atoms with Crippen molar-refractivity contribution >= 4 is 40.2 Å². The number of piperidine rings is 1. The number of anilines is 1. The summed E-state index contributed by atoms with van der Waals surface area (Å²) in [5, 5.41) is 15.2. The van der Waals surface area contributed by atoms with Crippen LogP contribution in [0.2, 0.25) is 10.0 Å². The summed E-state index contributed by atoms with van der Waals surface area (Å²) < 4.78 is 1.59. The van der Waals surface area contributed by atoms with Crippen molar-refractivity contribution in [3.8, 4) is 11.8 Å². The first-order valence-electron chi connectivity index (χ1n) is 11.2. The number of aromatic nitrogens is 4. The fourth-order valence-electron chi connectivity index (χ4n) is 5.38. The van der Waals surface area contributed by atoms with Crippen LogP contribution in [0.25, 0.3) is 16.7 Å². The Morgan fingerprint density at radius 2 is 1.85 bits per heavy atom. The van der Waals surface area contributed by atoms with Gasteiger partial charge in [-0.15, -0.1) is 5.10 Å². The molecule has 0 bridgehead atoms. The highest BCUT2D eigenvalue weighted by Gasteiger charge is 2.46. The molecular weight excluding hydrogens is 469 g/mol. The molecule has 1 spiro atoms. The number of hydrogen-bond acceptors (Lipinski definition) is 6. The largest absolute Gasteiger partial charge is 0.341 e. The van der Waals surface area contributed by atoms with Gasteiger partial charge in [0.25, 0.3) is 0 Å². The molecule has 1 aliphatic heterocycles. The average Bonchev–Trinajstić information content (AvgIpc) is 3.37. The van der Waals surface area contributed by atoms with Gasteiger partial charge in [-0.25, -0.2) is 9.67 Å². The van der Waals surface area contributed by atoms with E-state index < -0.39 is 0 Å². The summed E-state index contributed by atoms with van der Waals surface area (Å²) in [6.45, 7) is 1.70. The first kappa shape index (κ1) is 21.4. The second-order valence-corrected chi connectivity index (χ2v) is 9.94. The van der Waals surface area contributed by atoms with E-state index in [2.05, 4.69) is 39.2 Å². The molecule has 0 saturated carbocycles. The highest BCUT2D eigenvalue weighted by Crippen LogP contribution is 2.50. The zero-order valence-electron chi connectivity index (χ0n) is 18.2. The molecular formula is C25H21Cl2N7. The third-order valence-corrected chi connectivity index (χ3v) is 7.83. The molecule has 2 aromatic carbocycles. The van der Waals surface area contributed by atoms with Crippen molar-refractivity contribution in [3.05, 3.63) is 75.5 Å². The van der Waals surface area contributed by atoms with E-state index in [9.17, 15) is 0 Å². The van der Waals surface area contributed by atoms with Crippen LogP contribution >= 0.6 is 23.2 Å². The normalized spacial score (nSPS) is 18.9. The number of hydrogen-bond donors (Lipinski definition) is 1. The first-order chi connectivity index (χ1) is 16.5. The van der Waals surface area contributed by atoms with Crippen LogP contribution in [-0.4, -0.2) is 32.8 Å². The Morgan fingerprint density at radius 3 is 2.56 bits per heavy atom. The summed E-state index contributed by atoms with van der Waals surface area (Å²) in [6, 6.07) is 13.8. The predicted octanol–water partition coefficient (Wildman–Crippen LogP) is 4.84. The number of benzene rings is 2. The molecule has 6 rings (SSSR count). The van der Waals surface area contributed by atoms with E-state index in [1.165, 1.54) is 11.1 Å². The van der Waals surface area contributed by atoms with Crippen LogP contribution < -0.4 is 10.6 Å². The summed E-state index contributed by atoms with van der Waals surface area (Å²) in [6.07, 6.45) is 6.59. The van der Waals surface area contributed by atoms with E-state index in [1.807, 2.05) is 6.07 Å². The van der Waals surface area contributed by atoms with Crippen molar-refractivity contribution in [3.63, 3.8) is 0 Å². The maximum Gasteiger partial charge on any atom is 0.227 e. The molecule has 2 aromatic heterocycles. The molecule has 1 fully saturated rings. The van der Waals surface area contributed by atoms with Crippen LogP contribution in [0.1, 0.15) is 35.6 Å². The molecule has 3 heterocycles. The third-order valence-electron chi connectivity index (χ3n) is 7.26. The standard InChI is InChI=1S/C25H21Cl2N7/c26-19-9-15(12-28)10-20(27)21(19)34-14-17-13-30-24(31-23(17)32-34)33-7-5-25(6-8-33)11-16-3-1-2-4-18(16)22(25)29/h1-4,9-10,13-14,22H,5-8,11,29H2/t22-/m1/s1. The maximum absolute atomic E-state index is 9.12. The number of nitrogens with zero attached hydrogens (tertiary/aromatic N) is 6. The number of nitriles is 1. The number of rotatable bonds is 2. The maximum atomic E-state index is 9.12. The molecule has 0 amide bonds. The molecule has 170 valence electrons. The Labute approximate surface area is 206 Å². The smallest absolute Gasteiger partial charge is 0.227 e. The monoisotopic (exact) mass is 489 g/mol. The van der Waals surface area contributed by atoms with Gasteiger partial charge in [-0.1, -0.05) is 47.5 Å². The van der Waals surface area contributed by atoms with Crippen molar-refractivity contribution in [1.29, 1.82) is 5.26 Å². The fourth-order valence-corrected chi connectivity index (χ4v) is 6.04. The van der Waals surface area contributed by atoms with Gasteiger partial charge in [0, 0.05) is 31.5 Å². The van der Waals surface area contributed by atoms with Gasteiger partial charge in [0.05, 0.1) is 27.1 Å². The Kier molecular flexibility index (Phi) is 4.99. The quantitative estimate of drug-likeness (QED) is 0.432. The molecule has 4 aromatic rings. The van der Waals surface area contributed by atoms with E-state index in [0.717, 1.165) is 37.7 Å². The Balaban J connectivity index is 1.25. The topological polar surface area (TPSA) is 96.7 Å². The molecule has 0 unspecified atom stereocenters. The lowest BCUT2D eigenvalue weighted by Crippen LogP contribution is -2.44. The van der Waals surface area contributed by atoms with Crippen molar-refractivity contribution in [2.45, 2.75) is 25.3 Å². The Hall–Kier alpha value is -3.18. The lowest BCUT2D eigenvalue weighted by molar-refractivity contribution is 0.187. The second-order valence-electron chi connectivity index (χ2n) is 9.13. The molecule has 1 atom stereocenters. The van der Waals surface area contributed by atoms with Crippen LogP contribution in [0, 0.1) is 16.7 Å². The highest BCUT2D eigenvalue weighted by atomic mass is 35.5. The van der Waals surface area contributed by atoms with Crippen molar-refractivity contribution in [1.82, 2.24) is 19.7 Å². The van der Waals surface area contributed by atoms with E-state index in [0.29, 0.717) is 32.9 Å². The Morgan fingerprint density at radius 1 is 1.12 bits per heavy atom. The van der Waals surface area contributed by atoms with Crippen LogP contribution in [0.5, 0.6) is 0 Å². The van der Waals surface area contributed by atoms with Gasteiger partial charge in [-0.3, -0.25) is 0 Å². The van der Waals surface area contributed by atoms with Crippen molar-refractivity contribution < 1.29 is 0 Å². The van der Waals surface area contributed by atoms with Gasteiger partial charge in [0.1, 0.15) is 5.69 Å². The molecule has 34 heavy (non-hydrogen) atoms. The van der Waals surface area contributed by atoms with Gasteiger partial charge < -0.3 is 10.6 Å². The summed E-state index contributed by atoms with van der Waals surface area (Å²) in [5.41, 5.74) is 11.0. The first-order valence-corrected chi connectivity index (χ1v) is 11.9.